The average molecular weight is 655 g/mol. The number of aliphatic hydroxyl groups excluding tert-OH is 1. The molecule has 0 aromatic rings. The highest BCUT2D eigenvalue weighted by Gasteiger charge is 2.61. The van der Waals surface area contributed by atoms with E-state index in [0.29, 0.717) is 32.3 Å². The Hall–Kier alpha value is -1.59. The van der Waals surface area contributed by atoms with Gasteiger partial charge in [-0.05, 0) is 58.8 Å². The van der Waals surface area contributed by atoms with Crippen molar-refractivity contribution in [3.63, 3.8) is 0 Å². The summed E-state index contributed by atoms with van der Waals surface area (Å²) in [4.78, 5) is 42.1. The first-order valence-electron chi connectivity index (χ1n) is 17.3. The monoisotopic (exact) mass is 654 g/mol. The third-order valence-corrected chi connectivity index (χ3v) is 12.5. The Labute approximate surface area is 276 Å². The first kappa shape index (κ1) is 38.9. The molecule has 0 bridgehead atoms. The number of ether oxygens (including phenoxy) is 6. The number of aliphatic hydroxyl groups is 1. The number of methoxy groups -OCH3 is 3. The summed E-state index contributed by atoms with van der Waals surface area (Å²) in [6, 6.07) is 0. The summed E-state index contributed by atoms with van der Waals surface area (Å²) in [6.45, 7) is 19.7. The molecule has 15 atom stereocenters. The number of carbonyl (C=O) groups is 3. The molecule has 2 unspecified atom stereocenters. The molecule has 10 heteroatoms. The van der Waals surface area contributed by atoms with Gasteiger partial charge in [0.2, 0.25) is 0 Å². The van der Waals surface area contributed by atoms with Gasteiger partial charge in [-0.3, -0.25) is 14.4 Å². The summed E-state index contributed by atoms with van der Waals surface area (Å²) in [6.07, 6.45) is -0.954. The smallest absolute Gasteiger partial charge is 0.310 e. The van der Waals surface area contributed by atoms with Gasteiger partial charge >= 0.3 is 11.9 Å². The molecule has 0 aliphatic carbocycles. The number of cyclic esters (lactones) is 1. The van der Waals surface area contributed by atoms with E-state index in [1.807, 2.05) is 55.4 Å². The van der Waals surface area contributed by atoms with Crippen molar-refractivity contribution in [1.82, 2.24) is 0 Å². The molecule has 10 nitrogen and oxygen atoms in total. The topological polar surface area (TPSA) is 127 Å². The molecule has 3 aliphatic heterocycles. The second-order valence-corrected chi connectivity index (χ2v) is 15.2. The van der Waals surface area contributed by atoms with Gasteiger partial charge < -0.3 is 33.5 Å². The summed E-state index contributed by atoms with van der Waals surface area (Å²) in [5.41, 5.74) is -2.82. The highest BCUT2D eigenvalue weighted by Crippen LogP contribution is 2.50. The maximum absolute atomic E-state index is 14.3. The second-order valence-electron chi connectivity index (χ2n) is 15.2. The van der Waals surface area contributed by atoms with E-state index in [4.69, 9.17) is 28.4 Å². The van der Waals surface area contributed by atoms with Crippen LogP contribution in [0.5, 0.6) is 0 Å². The predicted octanol–water partition coefficient (Wildman–Crippen LogP) is 5.01. The highest BCUT2D eigenvalue weighted by atomic mass is 16.6. The van der Waals surface area contributed by atoms with Crippen molar-refractivity contribution in [3.05, 3.63) is 0 Å². The first-order valence-corrected chi connectivity index (χ1v) is 17.3. The van der Waals surface area contributed by atoms with Gasteiger partial charge in [0.25, 0.3) is 0 Å². The SMILES string of the molecule is CC[C@H]1OC(=O)[C@H](C)C([C@H]2C[C@@](C)(OC)[C@@H](O)[C@H](C)O2)[C@H](C)[C@@H](C)[C@](C)(OC)C[C@@H](C)C(=O)[C@H](C)[C@H]2C(CCOC)C(=O)O[C@@]21C. The van der Waals surface area contributed by atoms with Gasteiger partial charge in [0, 0.05) is 58.0 Å². The Morgan fingerprint density at radius 1 is 0.870 bits per heavy atom. The van der Waals surface area contributed by atoms with Crippen LogP contribution in [0, 0.1) is 47.3 Å². The Kier molecular flexibility index (Phi) is 12.6. The van der Waals surface area contributed by atoms with Gasteiger partial charge in [-0.15, -0.1) is 0 Å². The standard InChI is InChI=1S/C36H62O10/c1-14-27-36(10)29(25(15-16-41-11)33(40)46-36)22(5)30(37)19(2)17-34(8,42-12)23(6)20(3)28(21(4)32(39)45-27)26-18-35(9,43-13)31(38)24(7)44-26/h19-29,31,38H,14-18H2,1-13H3/t19-,20-,21-,22-,23-,24+,25?,26-,27-,28?,29+,31+,34-,35-,36-/m1/s1. The lowest BCUT2D eigenvalue weighted by Crippen LogP contribution is -2.59. The van der Waals surface area contributed by atoms with Crippen molar-refractivity contribution in [2.75, 3.05) is 27.9 Å². The zero-order chi connectivity index (χ0) is 34.9. The molecule has 46 heavy (non-hydrogen) atoms. The molecular weight excluding hydrogens is 592 g/mol. The van der Waals surface area contributed by atoms with E-state index >= 15 is 0 Å². The fourth-order valence-electron chi connectivity index (χ4n) is 9.22. The molecular formula is C36H62O10. The second kappa shape index (κ2) is 14.9. The molecule has 0 aromatic carbocycles. The van der Waals surface area contributed by atoms with Gasteiger partial charge in [0.05, 0.1) is 35.2 Å². The van der Waals surface area contributed by atoms with Crippen molar-refractivity contribution in [3.8, 4) is 0 Å². The molecule has 0 amide bonds. The van der Waals surface area contributed by atoms with Gasteiger partial charge in [-0.1, -0.05) is 41.5 Å². The van der Waals surface area contributed by atoms with Gasteiger partial charge in [0.1, 0.15) is 18.0 Å². The lowest BCUT2D eigenvalue weighted by atomic mass is 9.63. The Balaban J connectivity index is 2.19. The zero-order valence-corrected chi connectivity index (χ0v) is 30.6. The summed E-state index contributed by atoms with van der Waals surface area (Å²) in [5, 5.41) is 11.0. The zero-order valence-electron chi connectivity index (χ0n) is 30.6. The van der Waals surface area contributed by atoms with Crippen LogP contribution in [0.25, 0.3) is 0 Å². The van der Waals surface area contributed by atoms with E-state index in [0.717, 1.165) is 0 Å². The third kappa shape index (κ3) is 7.07. The molecule has 0 saturated carbocycles. The number of Topliss-reactive ketones (excluding diaryl/α,β-unsaturated/α-hetero) is 1. The van der Waals surface area contributed by atoms with E-state index in [1.54, 1.807) is 21.3 Å². The van der Waals surface area contributed by atoms with Crippen LogP contribution in [0.4, 0.5) is 0 Å². The van der Waals surface area contributed by atoms with Gasteiger partial charge in [-0.25, -0.2) is 0 Å². The number of esters is 2. The molecule has 3 aliphatic rings. The minimum atomic E-state index is -1.22. The first-order chi connectivity index (χ1) is 21.4. The minimum absolute atomic E-state index is 0.0255. The fraction of sp³-hybridized carbons (Fsp3) is 0.917. The number of hydrogen-bond donors (Lipinski definition) is 1. The fourth-order valence-corrected chi connectivity index (χ4v) is 9.22. The molecule has 0 radical (unpaired) electrons. The molecule has 3 heterocycles. The number of fused-ring (bicyclic) bond motifs is 1. The number of carbonyl (C=O) groups excluding carboxylic acids is 3. The van der Waals surface area contributed by atoms with E-state index in [1.165, 1.54) is 0 Å². The Morgan fingerprint density at radius 3 is 2.02 bits per heavy atom. The molecule has 266 valence electrons. The minimum Gasteiger partial charge on any atom is -0.458 e. The molecule has 3 fully saturated rings. The van der Waals surface area contributed by atoms with Crippen LogP contribution in [0.3, 0.4) is 0 Å². The normalized spacial score (nSPS) is 47.9. The number of ketones is 1. The molecule has 3 saturated heterocycles. The summed E-state index contributed by atoms with van der Waals surface area (Å²) >= 11 is 0. The lowest BCUT2D eigenvalue weighted by molar-refractivity contribution is -0.236. The van der Waals surface area contributed by atoms with Crippen molar-refractivity contribution < 1.29 is 47.9 Å². The maximum atomic E-state index is 14.3. The van der Waals surface area contributed by atoms with Gasteiger partial charge in [0.15, 0.2) is 5.60 Å². The van der Waals surface area contributed by atoms with Gasteiger partial charge in [-0.2, -0.15) is 0 Å². The molecule has 0 aromatic heterocycles. The summed E-state index contributed by atoms with van der Waals surface area (Å²) in [5.74, 6) is -4.02. The van der Waals surface area contributed by atoms with Crippen LogP contribution >= 0.6 is 0 Å². The average Bonchev–Trinajstić information content (AvgIpc) is 3.28. The lowest BCUT2D eigenvalue weighted by Gasteiger charge is -2.51. The summed E-state index contributed by atoms with van der Waals surface area (Å²) < 4.78 is 36.4. The van der Waals surface area contributed by atoms with Crippen LogP contribution in [0.15, 0.2) is 0 Å². The van der Waals surface area contributed by atoms with E-state index < -0.39 is 76.8 Å². The maximum Gasteiger partial charge on any atom is 0.310 e. The van der Waals surface area contributed by atoms with Crippen LogP contribution < -0.4 is 0 Å². The molecule has 0 spiro atoms. The van der Waals surface area contributed by atoms with E-state index in [2.05, 4.69) is 13.8 Å². The number of hydrogen-bond acceptors (Lipinski definition) is 10. The number of rotatable bonds is 7. The largest absolute Gasteiger partial charge is 0.458 e. The van der Waals surface area contributed by atoms with Crippen molar-refractivity contribution >= 4 is 17.7 Å². The Morgan fingerprint density at radius 2 is 1.48 bits per heavy atom. The molecule has 1 N–H and O–H groups in total. The van der Waals surface area contributed by atoms with Crippen molar-refractivity contribution in [1.29, 1.82) is 0 Å². The van der Waals surface area contributed by atoms with E-state index in [-0.39, 0.29) is 29.5 Å². The van der Waals surface area contributed by atoms with Crippen LogP contribution in [0.1, 0.15) is 94.9 Å². The van der Waals surface area contributed by atoms with Crippen LogP contribution in [0.2, 0.25) is 0 Å². The predicted molar refractivity (Wildman–Crippen MR) is 173 cm³/mol. The Bertz CT molecular complexity index is 1080. The quantitative estimate of drug-likeness (QED) is 0.375. The van der Waals surface area contributed by atoms with Crippen molar-refractivity contribution in [2.45, 2.75) is 136 Å². The molecule has 3 rings (SSSR count). The van der Waals surface area contributed by atoms with Crippen LogP contribution in [-0.2, 0) is 42.8 Å². The van der Waals surface area contributed by atoms with E-state index in [9.17, 15) is 19.5 Å². The van der Waals surface area contributed by atoms with Crippen LogP contribution in [-0.4, -0.2) is 92.0 Å². The third-order valence-electron chi connectivity index (χ3n) is 12.5. The highest BCUT2D eigenvalue weighted by molar-refractivity contribution is 5.85. The summed E-state index contributed by atoms with van der Waals surface area (Å²) in [7, 11) is 4.84. The van der Waals surface area contributed by atoms with Crippen molar-refractivity contribution in [2.24, 2.45) is 47.3 Å².